The Labute approximate surface area is 49.3 Å². The Kier molecular flexibility index (Phi) is 3.37. The number of carboxylic acid groups (broad SMARTS) is 1. The zero-order chi connectivity index (χ0) is 6.57. The first-order chi connectivity index (χ1) is 3.63. The molecule has 8 heavy (non-hydrogen) atoms. The second-order valence-electron chi connectivity index (χ2n) is 1.36. The fourth-order valence-corrected chi connectivity index (χ4v) is 0.374. The van der Waals surface area contributed by atoms with Crippen LogP contribution >= 0.6 is 9.24 Å². The van der Waals surface area contributed by atoms with Crippen LogP contribution in [0.2, 0.25) is 0 Å². The van der Waals surface area contributed by atoms with Crippen molar-refractivity contribution in [1.29, 1.82) is 0 Å². The maximum absolute atomic E-state index is 10.0. The highest BCUT2D eigenvalue weighted by Crippen LogP contribution is 1.95. The topological polar surface area (TPSA) is 54.4 Å². The first-order valence-electron chi connectivity index (χ1n) is 2.13. The van der Waals surface area contributed by atoms with Gasteiger partial charge in [0, 0.05) is 6.42 Å². The molecular formula is C4H7O3P. The molecule has 0 saturated carbocycles. The highest BCUT2D eigenvalue weighted by Gasteiger charge is 1.97. The molecule has 0 heterocycles. The predicted molar refractivity (Wildman–Crippen MR) is 31.6 cm³/mol. The summed E-state index contributed by atoms with van der Waals surface area (Å²) >= 11 is 0. The molecule has 0 aromatic heterocycles. The van der Waals surface area contributed by atoms with Crippen LogP contribution in [-0.4, -0.2) is 16.6 Å². The molecule has 0 bridgehead atoms. The number of carbonyl (C=O) groups is 2. The van der Waals surface area contributed by atoms with Gasteiger partial charge in [-0.25, -0.2) is 0 Å². The minimum atomic E-state index is -0.930. The Morgan fingerprint density at radius 1 is 1.38 bits per heavy atom. The van der Waals surface area contributed by atoms with Gasteiger partial charge in [-0.1, -0.05) is 9.24 Å². The lowest BCUT2D eigenvalue weighted by Crippen LogP contribution is -1.96. The standard InChI is InChI=1S/C4H7O3P/c5-3(6)1-2-4(7)8/h1-2,8H2,(H,5,6). The number of aliphatic carboxylic acids is 1. The molecule has 0 rings (SSSR count). The summed E-state index contributed by atoms with van der Waals surface area (Å²) in [6.07, 6.45) is 0.0440. The number of carboxylic acids is 1. The van der Waals surface area contributed by atoms with E-state index in [4.69, 9.17) is 5.11 Å². The van der Waals surface area contributed by atoms with Crippen molar-refractivity contribution in [2.45, 2.75) is 12.8 Å². The van der Waals surface area contributed by atoms with Crippen LogP contribution in [0.3, 0.4) is 0 Å². The van der Waals surface area contributed by atoms with Crippen molar-refractivity contribution in [3.63, 3.8) is 0 Å². The molecule has 1 atom stereocenters. The molecule has 0 aromatic rings. The van der Waals surface area contributed by atoms with E-state index in [2.05, 4.69) is 0 Å². The highest BCUT2D eigenvalue weighted by molar-refractivity contribution is 7.40. The van der Waals surface area contributed by atoms with Crippen molar-refractivity contribution in [2.24, 2.45) is 0 Å². The van der Waals surface area contributed by atoms with Gasteiger partial charge in [-0.05, 0) is 0 Å². The molecule has 0 aliphatic heterocycles. The van der Waals surface area contributed by atoms with E-state index in [1.54, 1.807) is 0 Å². The summed E-state index contributed by atoms with van der Waals surface area (Å²) in [7, 11) is 1.92. The molecule has 1 unspecified atom stereocenters. The smallest absolute Gasteiger partial charge is 0.303 e. The first-order valence-corrected chi connectivity index (χ1v) is 2.70. The largest absolute Gasteiger partial charge is 0.481 e. The first kappa shape index (κ1) is 7.57. The zero-order valence-corrected chi connectivity index (χ0v) is 5.41. The summed E-state index contributed by atoms with van der Waals surface area (Å²) in [5.74, 6) is -0.930. The summed E-state index contributed by atoms with van der Waals surface area (Å²) < 4.78 is 0. The van der Waals surface area contributed by atoms with Crippen LogP contribution in [-0.2, 0) is 9.59 Å². The minimum absolute atomic E-state index is 0.0671. The lowest BCUT2D eigenvalue weighted by molar-refractivity contribution is -0.137. The van der Waals surface area contributed by atoms with Gasteiger partial charge in [0.25, 0.3) is 0 Å². The lowest BCUT2D eigenvalue weighted by Gasteiger charge is -1.85. The van der Waals surface area contributed by atoms with Gasteiger partial charge >= 0.3 is 5.97 Å². The third kappa shape index (κ3) is 5.57. The van der Waals surface area contributed by atoms with Gasteiger partial charge in [-0.2, -0.15) is 0 Å². The van der Waals surface area contributed by atoms with E-state index in [1.165, 1.54) is 0 Å². The molecule has 0 saturated heterocycles. The zero-order valence-electron chi connectivity index (χ0n) is 4.26. The predicted octanol–water partition coefficient (Wildman–Crippen LogP) is 0.253. The number of carbonyl (C=O) groups excluding carboxylic acids is 1. The SMILES string of the molecule is O=C(O)CCC(=O)P. The van der Waals surface area contributed by atoms with E-state index in [0.29, 0.717) is 0 Å². The van der Waals surface area contributed by atoms with Gasteiger partial charge in [0.2, 0.25) is 0 Å². The molecule has 0 aromatic carbocycles. The summed E-state index contributed by atoms with van der Waals surface area (Å²) in [5.41, 5.74) is -0.160. The molecule has 0 spiro atoms. The normalized spacial score (nSPS) is 8.62. The molecule has 0 amide bonds. The van der Waals surface area contributed by atoms with Crippen LogP contribution in [0.5, 0.6) is 0 Å². The summed E-state index contributed by atoms with van der Waals surface area (Å²) in [6, 6.07) is 0. The van der Waals surface area contributed by atoms with E-state index in [1.807, 2.05) is 9.24 Å². The number of rotatable bonds is 3. The molecular weight excluding hydrogens is 127 g/mol. The van der Waals surface area contributed by atoms with Crippen LogP contribution in [0.4, 0.5) is 0 Å². The molecule has 1 N–H and O–H groups in total. The number of hydrogen-bond donors (Lipinski definition) is 1. The van der Waals surface area contributed by atoms with E-state index in [0.717, 1.165) is 0 Å². The van der Waals surface area contributed by atoms with E-state index in [-0.39, 0.29) is 18.4 Å². The van der Waals surface area contributed by atoms with Crippen molar-refractivity contribution in [3.05, 3.63) is 0 Å². The van der Waals surface area contributed by atoms with Crippen molar-refractivity contribution in [3.8, 4) is 0 Å². The van der Waals surface area contributed by atoms with Gasteiger partial charge in [0.1, 0.15) is 5.52 Å². The van der Waals surface area contributed by atoms with Crippen molar-refractivity contribution in [1.82, 2.24) is 0 Å². The van der Waals surface area contributed by atoms with Crippen LogP contribution in [0.15, 0.2) is 0 Å². The highest BCUT2D eigenvalue weighted by atomic mass is 31.0. The van der Waals surface area contributed by atoms with Crippen LogP contribution in [0, 0.1) is 0 Å². The van der Waals surface area contributed by atoms with Crippen molar-refractivity contribution in [2.75, 3.05) is 0 Å². The maximum atomic E-state index is 10.0. The van der Waals surface area contributed by atoms with Gasteiger partial charge in [0.05, 0.1) is 6.42 Å². The maximum Gasteiger partial charge on any atom is 0.303 e. The molecule has 3 nitrogen and oxygen atoms in total. The molecule has 0 aliphatic rings. The third-order valence-electron chi connectivity index (χ3n) is 0.585. The van der Waals surface area contributed by atoms with E-state index >= 15 is 0 Å². The monoisotopic (exact) mass is 134 g/mol. The fourth-order valence-electron chi connectivity index (χ4n) is 0.230. The Morgan fingerprint density at radius 2 is 1.88 bits per heavy atom. The van der Waals surface area contributed by atoms with E-state index < -0.39 is 5.97 Å². The molecule has 0 radical (unpaired) electrons. The molecule has 46 valence electrons. The Morgan fingerprint density at radius 3 is 2.00 bits per heavy atom. The van der Waals surface area contributed by atoms with Crippen LogP contribution < -0.4 is 0 Å². The molecule has 0 aliphatic carbocycles. The Balaban J connectivity index is 3.18. The number of hydrogen-bond acceptors (Lipinski definition) is 2. The lowest BCUT2D eigenvalue weighted by atomic mass is 10.3. The molecule has 4 heteroatoms. The van der Waals surface area contributed by atoms with Crippen molar-refractivity contribution >= 4 is 20.7 Å². The fraction of sp³-hybridized carbons (Fsp3) is 0.500. The van der Waals surface area contributed by atoms with Crippen LogP contribution in [0.1, 0.15) is 12.8 Å². The third-order valence-corrected chi connectivity index (χ3v) is 0.874. The second-order valence-corrected chi connectivity index (χ2v) is 2.00. The minimum Gasteiger partial charge on any atom is -0.481 e. The average Bonchev–Trinajstić information content (AvgIpc) is 1.61. The second kappa shape index (κ2) is 3.56. The van der Waals surface area contributed by atoms with Gasteiger partial charge in [-0.3, -0.25) is 9.59 Å². The van der Waals surface area contributed by atoms with E-state index in [9.17, 15) is 9.59 Å². The quantitative estimate of drug-likeness (QED) is 0.563. The van der Waals surface area contributed by atoms with Gasteiger partial charge < -0.3 is 5.11 Å². The summed E-state index contributed by atoms with van der Waals surface area (Å²) in [5, 5.41) is 8.00. The Hall–Kier alpha value is -0.430. The van der Waals surface area contributed by atoms with Gasteiger partial charge in [-0.15, -0.1) is 0 Å². The average molecular weight is 134 g/mol. The Bertz CT molecular complexity index is 95.9. The summed E-state index contributed by atoms with van der Waals surface area (Å²) in [4.78, 5) is 19.8. The van der Waals surface area contributed by atoms with Crippen LogP contribution in [0.25, 0.3) is 0 Å². The van der Waals surface area contributed by atoms with Crippen molar-refractivity contribution < 1.29 is 14.7 Å². The molecule has 0 fully saturated rings. The van der Waals surface area contributed by atoms with Gasteiger partial charge in [0.15, 0.2) is 0 Å². The summed E-state index contributed by atoms with van der Waals surface area (Å²) in [6.45, 7) is 0.